The first-order chi connectivity index (χ1) is 14.0. The Kier molecular flexibility index (Phi) is 4.13. The van der Waals surface area contributed by atoms with Crippen molar-refractivity contribution in [3.63, 3.8) is 0 Å². The van der Waals surface area contributed by atoms with E-state index in [4.69, 9.17) is 9.52 Å². The van der Waals surface area contributed by atoms with Crippen LogP contribution in [0.5, 0.6) is 0 Å². The van der Waals surface area contributed by atoms with Gasteiger partial charge in [-0.1, -0.05) is 19.1 Å². The van der Waals surface area contributed by atoms with Crippen LogP contribution in [0.15, 0.2) is 45.6 Å². The Bertz CT molecular complexity index is 1300. The first kappa shape index (κ1) is 17.9. The zero-order chi connectivity index (χ0) is 20.1. The van der Waals surface area contributed by atoms with Crippen LogP contribution in [-0.2, 0) is 12.8 Å². The molecule has 1 atom stereocenters. The molecule has 3 aromatic heterocycles. The highest BCUT2D eigenvalue weighted by atomic mass is 32.1. The minimum absolute atomic E-state index is 0.124. The normalized spacial score (nSPS) is 16.1. The van der Waals surface area contributed by atoms with Gasteiger partial charge in [-0.15, -0.1) is 11.3 Å². The number of furan rings is 1. The van der Waals surface area contributed by atoms with E-state index in [0.29, 0.717) is 23.3 Å². The van der Waals surface area contributed by atoms with Crippen LogP contribution in [0.4, 0.5) is 0 Å². The number of carbonyl (C=O) groups is 1. The quantitative estimate of drug-likeness (QED) is 0.512. The number of nitrogens with zero attached hydrogens (tertiary/aromatic N) is 1. The third kappa shape index (κ3) is 3.07. The number of hydrogen-bond donors (Lipinski definition) is 2. The Balaban J connectivity index is 1.53. The second-order valence-electron chi connectivity index (χ2n) is 7.49. The Hall–Kier alpha value is -3.19. The molecule has 1 aliphatic rings. The van der Waals surface area contributed by atoms with Gasteiger partial charge in [0.1, 0.15) is 10.6 Å². The van der Waals surface area contributed by atoms with Gasteiger partial charge in [0.05, 0.1) is 10.9 Å². The largest absolute Gasteiger partial charge is 0.478 e. The number of fused-ring (bicyclic) bond motifs is 3. The highest BCUT2D eigenvalue weighted by Crippen LogP contribution is 2.36. The van der Waals surface area contributed by atoms with Crippen LogP contribution in [0.25, 0.3) is 33.1 Å². The van der Waals surface area contributed by atoms with Crippen LogP contribution in [0.3, 0.4) is 0 Å². The number of aromatic nitrogens is 2. The summed E-state index contributed by atoms with van der Waals surface area (Å²) in [5, 5.41) is 9.74. The number of aromatic carboxylic acids is 1. The van der Waals surface area contributed by atoms with Crippen molar-refractivity contribution in [3.05, 3.63) is 62.8 Å². The zero-order valence-corrected chi connectivity index (χ0v) is 16.5. The second kappa shape index (κ2) is 6.70. The Morgan fingerprint density at radius 3 is 2.72 bits per heavy atom. The Morgan fingerprint density at radius 1 is 1.21 bits per heavy atom. The van der Waals surface area contributed by atoms with Gasteiger partial charge in [0, 0.05) is 10.4 Å². The number of thiophene rings is 1. The molecule has 5 rings (SSSR count). The maximum absolute atomic E-state index is 12.8. The Labute approximate surface area is 169 Å². The van der Waals surface area contributed by atoms with Crippen molar-refractivity contribution in [1.82, 2.24) is 9.97 Å². The lowest BCUT2D eigenvalue weighted by atomic mass is 9.89. The van der Waals surface area contributed by atoms with Crippen LogP contribution in [0.1, 0.15) is 34.1 Å². The van der Waals surface area contributed by atoms with Crippen LogP contribution in [-0.4, -0.2) is 21.0 Å². The monoisotopic (exact) mass is 406 g/mol. The van der Waals surface area contributed by atoms with E-state index in [2.05, 4.69) is 16.9 Å². The number of nitrogens with one attached hydrogen (secondary N) is 1. The predicted molar refractivity (Wildman–Crippen MR) is 112 cm³/mol. The summed E-state index contributed by atoms with van der Waals surface area (Å²) in [5.41, 5.74) is 2.00. The molecule has 7 heteroatoms. The lowest BCUT2D eigenvalue weighted by Gasteiger charge is -2.17. The highest BCUT2D eigenvalue weighted by molar-refractivity contribution is 7.18. The van der Waals surface area contributed by atoms with Crippen LogP contribution < -0.4 is 5.56 Å². The molecule has 0 fully saturated rings. The second-order valence-corrected chi connectivity index (χ2v) is 8.58. The van der Waals surface area contributed by atoms with Crippen molar-refractivity contribution < 1.29 is 14.3 Å². The van der Waals surface area contributed by atoms with Crippen molar-refractivity contribution in [3.8, 4) is 22.9 Å². The predicted octanol–water partition coefficient (Wildman–Crippen LogP) is 4.73. The fourth-order valence-corrected chi connectivity index (χ4v) is 5.25. The molecule has 1 aromatic carbocycles. The molecule has 0 amide bonds. The number of aryl methyl sites for hydroxylation is 1. The molecule has 0 spiro atoms. The van der Waals surface area contributed by atoms with Gasteiger partial charge in [0.15, 0.2) is 11.6 Å². The van der Waals surface area contributed by atoms with Crippen molar-refractivity contribution >= 4 is 27.5 Å². The molecule has 4 aromatic rings. The van der Waals surface area contributed by atoms with Gasteiger partial charge < -0.3 is 14.5 Å². The topological polar surface area (TPSA) is 96.2 Å². The average molecular weight is 406 g/mol. The first-order valence-electron chi connectivity index (χ1n) is 9.48. The van der Waals surface area contributed by atoms with Crippen LogP contribution >= 0.6 is 11.3 Å². The van der Waals surface area contributed by atoms with Crippen LogP contribution in [0.2, 0.25) is 0 Å². The summed E-state index contributed by atoms with van der Waals surface area (Å²) >= 11 is 1.61. The number of hydrogen-bond acceptors (Lipinski definition) is 5. The van der Waals surface area contributed by atoms with Gasteiger partial charge in [0.2, 0.25) is 0 Å². The molecule has 146 valence electrons. The third-order valence-corrected chi connectivity index (χ3v) is 6.57. The molecule has 29 heavy (non-hydrogen) atoms. The van der Waals surface area contributed by atoms with Gasteiger partial charge >= 0.3 is 5.97 Å². The standard InChI is InChI=1S/C22H18N2O4S/c1-11-2-7-14-17(10-11)29-21-18(14)20(25)23-19(24-21)16-9-8-15(28-16)12-3-5-13(6-4-12)22(26)27/h3-6,8-9,11H,2,7,10H2,1H3,(H,26,27)(H,23,24,25)/t11-/m0/s1. The molecule has 0 saturated heterocycles. The average Bonchev–Trinajstić information content (AvgIpc) is 3.32. The molecule has 6 nitrogen and oxygen atoms in total. The fourth-order valence-electron chi connectivity index (χ4n) is 3.86. The summed E-state index contributed by atoms with van der Waals surface area (Å²) in [6.07, 6.45) is 3.03. The molecular weight excluding hydrogens is 388 g/mol. The zero-order valence-electron chi connectivity index (χ0n) is 15.7. The number of rotatable bonds is 3. The third-order valence-electron chi connectivity index (χ3n) is 5.42. The summed E-state index contributed by atoms with van der Waals surface area (Å²) in [6.45, 7) is 2.24. The molecule has 0 bridgehead atoms. The molecule has 0 radical (unpaired) electrons. The summed E-state index contributed by atoms with van der Waals surface area (Å²) in [4.78, 5) is 33.4. The SMILES string of the molecule is C[C@H]1CCc2c(sc3nc(-c4ccc(-c5ccc(C(=O)O)cc5)o4)[nH]c(=O)c23)C1. The van der Waals surface area contributed by atoms with Gasteiger partial charge in [0.25, 0.3) is 5.56 Å². The summed E-state index contributed by atoms with van der Waals surface area (Å²) < 4.78 is 5.90. The fraction of sp³-hybridized carbons (Fsp3) is 0.227. The number of benzene rings is 1. The van der Waals surface area contributed by atoms with E-state index < -0.39 is 5.97 Å². The minimum Gasteiger partial charge on any atom is -0.478 e. The van der Waals surface area contributed by atoms with Gasteiger partial charge in [-0.05, 0) is 55.0 Å². The van der Waals surface area contributed by atoms with Gasteiger partial charge in [-0.3, -0.25) is 4.79 Å². The molecule has 3 heterocycles. The summed E-state index contributed by atoms with van der Waals surface area (Å²) in [6, 6.07) is 10.0. The lowest BCUT2D eigenvalue weighted by Crippen LogP contribution is -2.13. The summed E-state index contributed by atoms with van der Waals surface area (Å²) in [7, 11) is 0. The molecule has 2 N–H and O–H groups in total. The van der Waals surface area contributed by atoms with E-state index in [9.17, 15) is 9.59 Å². The van der Waals surface area contributed by atoms with Crippen LogP contribution in [0, 0.1) is 5.92 Å². The Morgan fingerprint density at radius 2 is 1.97 bits per heavy atom. The van der Waals surface area contributed by atoms with Gasteiger partial charge in [-0.25, -0.2) is 9.78 Å². The van der Waals surface area contributed by atoms with Crippen molar-refractivity contribution in [2.75, 3.05) is 0 Å². The van der Waals surface area contributed by atoms with E-state index in [1.54, 1.807) is 35.6 Å². The van der Waals surface area contributed by atoms with Crippen molar-refractivity contribution in [2.24, 2.45) is 5.92 Å². The molecule has 0 saturated carbocycles. The molecule has 0 aliphatic heterocycles. The van der Waals surface area contributed by atoms with E-state index >= 15 is 0 Å². The number of carboxylic acids is 1. The number of H-pyrrole nitrogens is 1. The smallest absolute Gasteiger partial charge is 0.335 e. The van der Waals surface area contributed by atoms with E-state index in [0.717, 1.165) is 40.6 Å². The van der Waals surface area contributed by atoms with Crippen molar-refractivity contribution in [1.29, 1.82) is 0 Å². The van der Waals surface area contributed by atoms with Crippen molar-refractivity contribution in [2.45, 2.75) is 26.2 Å². The molecular formula is C22H18N2O4S. The maximum atomic E-state index is 12.8. The summed E-state index contributed by atoms with van der Waals surface area (Å²) in [5.74, 6) is 1.12. The molecule has 0 unspecified atom stereocenters. The van der Waals surface area contributed by atoms with E-state index in [1.807, 2.05) is 0 Å². The molecule has 1 aliphatic carbocycles. The van der Waals surface area contributed by atoms with Gasteiger partial charge in [-0.2, -0.15) is 0 Å². The van der Waals surface area contributed by atoms with E-state index in [-0.39, 0.29) is 11.1 Å². The number of aromatic amines is 1. The lowest BCUT2D eigenvalue weighted by molar-refractivity contribution is 0.0697. The number of carboxylic acid groups (broad SMARTS) is 1. The minimum atomic E-state index is -0.972. The van der Waals surface area contributed by atoms with E-state index in [1.165, 1.54) is 17.0 Å². The highest BCUT2D eigenvalue weighted by Gasteiger charge is 2.23. The maximum Gasteiger partial charge on any atom is 0.335 e. The first-order valence-corrected chi connectivity index (χ1v) is 10.3.